The van der Waals surface area contributed by atoms with Crippen LogP contribution < -0.4 is 25.7 Å². The monoisotopic (exact) mass is 720 g/mol. The van der Waals surface area contributed by atoms with Gasteiger partial charge in [-0.25, -0.2) is 9.50 Å². The summed E-state index contributed by atoms with van der Waals surface area (Å²) in [7, 11) is 1.06. The topological polar surface area (TPSA) is 127 Å². The molecule has 47 heavy (non-hydrogen) atoms. The number of nitrogens with zero attached hydrogens (tertiary/aromatic N) is 8. The molecule has 0 unspecified atom stereocenters. The third-order valence-corrected chi connectivity index (χ3v) is 11.2. The Kier molecular flexibility index (Phi) is 9.76. The molecular formula is C33H42BrN10O2P. The highest BCUT2D eigenvalue weighted by Gasteiger charge is 2.28. The fourth-order valence-corrected chi connectivity index (χ4v) is 8.24. The van der Waals surface area contributed by atoms with Gasteiger partial charge in [0.15, 0.2) is 0 Å². The van der Waals surface area contributed by atoms with Gasteiger partial charge >= 0.3 is 0 Å². The second-order valence-corrected chi connectivity index (χ2v) is 16.6. The maximum Gasteiger partial charge on any atom is 0.229 e. The average molecular weight is 722 g/mol. The van der Waals surface area contributed by atoms with E-state index in [0.717, 1.165) is 70.0 Å². The van der Waals surface area contributed by atoms with Crippen LogP contribution >= 0.6 is 23.1 Å². The number of benzene rings is 1. The summed E-state index contributed by atoms with van der Waals surface area (Å²) < 4.78 is 21.5. The summed E-state index contributed by atoms with van der Waals surface area (Å²) in [5.74, 6) is 1.58. The standard InChI is InChI=1S/C33H42BrN10O2P/c1-6-22-17-27(30(46-3)18-29(22)43-11-9-24(10-12-43)42-15-13-41(2)14-16-42)39-33-36-21-25(34)31(40-33)38-26-7-8-28-23(19-35)20-37-44(28)32(26)47(4,5)45/h7-8,17-18,20-21,24H,6,9-16H2,1-5H3,(H2,36,38,39,40). The number of hydrogen-bond acceptors (Lipinski definition) is 11. The highest BCUT2D eigenvalue weighted by atomic mass is 79.9. The number of pyridine rings is 1. The number of ether oxygens (including phenoxy) is 1. The van der Waals surface area contributed by atoms with Gasteiger partial charge in [0.25, 0.3) is 0 Å². The minimum Gasteiger partial charge on any atom is -0.494 e. The van der Waals surface area contributed by atoms with E-state index >= 15 is 0 Å². The molecule has 2 N–H and O–H groups in total. The molecule has 2 saturated heterocycles. The number of anilines is 5. The van der Waals surface area contributed by atoms with Crippen molar-refractivity contribution < 1.29 is 9.30 Å². The molecule has 5 heterocycles. The first-order valence-electron chi connectivity index (χ1n) is 16.0. The van der Waals surface area contributed by atoms with Crippen molar-refractivity contribution >= 4 is 62.9 Å². The number of fused-ring (bicyclic) bond motifs is 1. The van der Waals surface area contributed by atoms with Crippen molar-refractivity contribution in [2.24, 2.45) is 0 Å². The van der Waals surface area contributed by atoms with Crippen LogP contribution in [0.25, 0.3) is 5.52 Å². The number of halogens is 1. The van der Waals surface area contributed by atoms with Gasteiger partial charge in [0, 0.05) is 63.3 Å². The largest absolute Gasteiger partial charge is 0.494 e. The lowest BCUT2D eigenvalue weighted by molar-refractivity contribution is 0.0982. The molecule has 0 amide bonds. The second kappa shape index (κ2) is 13.8. The van der Waals surface area contributed by atoms with Gasteiger partial charge in [-0.05, 0) is 79.3 Å². The molecule has 12 nitrogen and oxygen atoms in total. The van der Waals surface area contributed by atoms with Crippen LogP contribution in [0.15, 0.2) is 41.1 Å². The van der Waals surface area contributed by atoms with Gasteiger partial charge in [0.05, 0.1) is 40.2 Å². The van der Waals surface area contributed by atoms with E-state index in [1.165, 1.54) is 17.4 Å². The summed E-state index contributed by atoms with van der Waals surface area (Å²) in [4.78, 5) is 16.9. The number of piperazine rings is 1. The number of methoxy groups -OCH3 is 1. The highest BCUT2D eigenvalue weighted by Crippen LogP contribution is 2.40. The number of piperidine rings is 1. The molecule has 14 heteroatoms. The molecule has 248 valence electrons. The SMILES string of the molecule is CCc1cc(Nc2ncc(Br)c(Nc3ccc4c(C#N)cnn4c3P(C)(C)=O)n2)c(OC)cc1N1CCC(N2CCN(C)CC2)CC1. The normalized spacial score (nSPS) is 16.7. The summed E-state index contributed by atoms with van der Waals surface area (Å²) in [5.41, 5.74) is 5.32. The molecule has 0 saturated carbocycles. The lowest BCUT2D eigenvalue weighted by Gasteiger charge is -2.43. The number of aryl methyl sites for hydroxylation is 1. The Labute approximate surface area is 284 Å². The minimum absolute atomic E-state index is 0.376. The average Bonchev–Trinajstić information content (AvgIpc) is 3.49. The first-order valence-corrected chi connectivity index (χ1v) is 19.4. The van der Waals surface area contributed by atoms with E-state index in [2.05, 4.69) is 83.5 Å². The van der Waals surface area contributed by atoms with Crippen LogP contribution in [-0.2, 0) is 11.0 Å². The fourth-order valence-electron chi connectivity index (χ4n) is 6.62. The summed E-state index contributed by atoms with van der Waals surface area (Å²) in [6.45, 7) is 12.2. The van der Waals surface area contributed by atoms with Crippen LogP contribution in [0.2, 0.25) is 0 Å². The van der Waals surface area contributed by atoms with Crippen molar-refractivity contribution in [2.45, 2.75) is 32.2 Å². The zero-order valence-electron chi connectivity index (χ0n) is 27.6. The molecule has 0 aliphatic carbocycles. The molecule has 1 aromatic carbocycles. The molecule has 0 atom stereocenters. The maximum atomic E-state index is 13.4. The van der Waals surface area contributed by atoms with Gasteiger partial charge < -0.3 is 29.7 Å². The summed E-state index contributed by atoms with van der Waals surface area (Å²) in [5, 5.41) is 20.6. The number of likely N-dealkylation sites (N-methyl/N-ethyl adjacent to an activating group) is 1. The smallest absolute Gasteiger partial charge is 0.229 e. The lowest BCUT2D eigenvalue weighted by Crippen LogP contribution is -2.52. The molecule has 2 aliphatic rings. The molecular weight excluding hydrogens is 679 g/mol. The first kappa shape index (κ1) is 33.2. The fraction of sp³-hybridized carbons (Fsp3) is 0.455. The Bertz CT molecular complexity index is 1850. The molecule has 2 fully saturated rings. The van der Waals surface area contributed by atoms with E-state index in [1.807, 2.05) is 0 Å². The van der Waals surface area contributed by atoms with E-state index in [-0.39, 0.29) is 0 Å². The molecule has 4 aromatic rings. The Morgan fingerprint density at radius 1 is 1.06 bits per heavy atom. The Morgan fingerprint density at radius 2 is 1.81 bits per heavy atom. The van der Waals surface area contributed by atoms with Gasteiger partial charge in [0.2, 0.25) is 5.95 Å². The number of aromatic nitrogens is 4. The number of nitriles is 1. The van der Waals surface area contributed by atoms with Crippen LogP contribution in [0.3, 0.4) is 0 Å². The van der Waals surface area contributed by atoms with Gasteiger partial charge in [-0.3, -0.25) is 4.90 Å². The minimum atomic E-state index is -2.84. The Morgan fingerprint density at radius 3 is 2.47 bits per heavy atom. The van der Waals surface area contributed by atoms with E-state index in [1.54, 1.807) is 43.3 Å². The van der Waals surface area contributed by atoms with Crippen LogP contribution in [0.5, 0.6) is 5.75 Å². The van der Waals surface area contributed by atoms with Crippen LogP contribution in [0, 0.1) is 11.3 Å². The van der Waals surface area contributed by atoms with Crippen LogP contribution in [0.1, 0.15) is 30.9 Å². The predicted molar refractivity (Wildman–Crippen MR) is 192 cm³/mol. The maximum absolute atomic E-state index is 13.4. The van der Waals surface area contributed by atoms with Crippen molar-refractivity contribution in [3.05, 3.63) is 52.3 Å². The van der Waals surface area contributed by atoms with Crippen molar-refractivity contribution in [1.82, 2.24) is 29.4 Å². The van der Waals surface area contributed by atoms with E-state index in [9.17, 15) is 9.83 Å². The van der Waals surface area contributed by atoms with Gasteiger partial charge in [-0.1, -0.05) is 6.92 Å². The summed E-state index contributed by atoms with van der Waals surface area (Å²) in [6.07, 6.45) is 6.36. The third-order valence-electron chi connectivity index (χ3n) is 9.17. The highest BCUT2D eigenvalue weighted by molar-refractivity contribution is 9.10. The van der Waals surface area contributed by atoms with Crippen LogP contribution in [0.4, 0.5) is 28.8 Å². The summed E-state index contributed by atoms with van der Waals surface area (Å²) >= 11 is 3.56. The first-order chi connectivity index (χ1) is 22.6. The molecule has 0 spiro atoms. The molecule has 6 rings (SSSR count). The predicted octanol–water partition coefficient (Wildman–Crippen LogP) is 5.28. The van der Waals surface area contributed by atoms with Crippen molar-refractivity contribution in [2.75, 3.05) is 82.3 Å². The lowest BCUT2D eigenvalue weighted by atomic mass is 9.99. The van der Waals surface area contributed by atoms with Crippen molar-refractivity contribution in [3.8, 4) is 11.8 Å². The zero-order valence-corrected chi connectivity index (χ0v) is 30.1. The molecule has 2 aliphatic heterocycles. The quantitative estimate of drug-likeness (QED) is 0.219. The van der Waals surface area contributed by atoms with E-state index < -0.39 is 7.14 Å². The number of hydrogen-bond donors (Lipinski definition) is 2. The van der Waals surface area contributed by atoms with Crippen molar-refractivity contribution in [3.63, 3.8) is 0 Å². The zero-order chi connectivity index (χ0) is 33.3. The van der Waals surface area contributed by atoms with Gasteiger partial charge in [-0.2, -0.15) is 15.3 Å². The Hall–Kier alpha value is -3.69. The van der Waals surface area contributed by atoms with Gasteiger partial charge in [0.1, 0.15) is 30.2 Å². The molecule has 0 bridgehead atoms. The van der Waals surface area contributed by atoms with Crippen molar-refractivity contribution in [1.29, 1.82) is 5.26 Å². The van der Waals surface area contributed by atoms with Gasteiger partial charge in [-0.15, -0.1) is 0 Å². The number of rotatable bonds is 9. The van der Waals surface area contributed by atoms with E-state index in [4.69, 9.17) is 9.72 Å². The number of nitrogens with one attached hydrogen (secondary N) is 2. The molecule has 3 aromatic heterocycles. The summed E-state index contributed by atoms with van der Waals surface area (Å²) in [6, 6.07) is 10.7. The van der Waals surface area contributed by atoms with E-state index in [0.29, 0.717) is 44.5 Å². The Balaban J connectivity index is 1.23. The van der Waals surface area contributed by atoms with Crippen LogP contribution in [-0.4, -0.2) is 102 Å². The molecule has 0 radical (unpaired) electrons. The second-order valence-electron chi connectivity index (χ2n) is 12.6. The third kappa shape index (κ3) is 6.97.